The molecule has 1 saturated heterocycles. The molecule has 190 valence electrons. The first-order valence-corrected chi connectivity index (χ1v) is 12.7. The van der Waals surface area contributed by atoms with E-state index < -0.39 is 30.3 Å². The predicted molar refractivity (Wildman–Crippen MR) is 139 cm³/mol. The summed E-state index contributed by atoms with van der Waals surface area (Å²) in [6, 6.07) is 18.6. The fourth-order valence-corrected chi connectivity index (χ4v) is 5.36. The van der Waals surface area contributed by atoms with Crippen molar-refractivity contribution in [1.82, 2.24) is 14.8 Å². The number of carbonyl (C=O) groups is 4. The van der Waals surface area contributed by atoms with Crippen molar-refractivity contribution in [3.05, 3.63) is 77.4 Å². The van der Waals surface area contributed by atoms with Gasteiger partial charge in [0.1, 0.15) is 6.54 Å². The largest absolute Gasteiger partial charge is 0.334 e. The molecule has 2 aliphatic heterocycles. The van der Waals surface area contributed by atoms with E-state index >= 15 is 0 Å². The third-order valence-electron chi connectivity index (χ3n) is 7.01. The molecule has 3 aliphatic rings. The van der Waals surface area contributed by atoms with E-state index in [9.17, 15) is 19.2 Å². The molecule has 2 fully saturated rings. The highest BCUT2D eigenvalue weighted by Crippen LogP contribution is 2.44. The molecule has 0 aromatic heterocycles. The van der Waals surface area contributed by atoms with E-state index in [-0.39, 0.29) is 24.4 Å². The molecule has 0 radical (unpaired) electrons. The van der Waals surface area contributed by atoms with E-state index in [1.807, 2.05) is 74.5 Å². The Morgan fingerprint density at radius 1 is 0.973 bits per heavy atom. The zero-order chi connectivity index (χ0) is 26.1. The molecular weight excluding hydrogens is 468 g/mol. The topological polar surface area (TPSA) is 90.4 Å². The zero-order valence-electron chi connectivity index (χ0n) is 21.0. The molecule has 0 unspecified atom stereocenters. The molecule has 1 saturated carbocycles. The summed E-state index contributed by atoms with van der Waals surface area (Å²) in [6.45, 7) is 3.31. The van der Waals surface area contributed by atoms with Crippen molar-refractivity contribution >= 4 is 35.5 Å². The van der Waals surface area contributed by atoms with Crippen LogP contribution in [0.15, 0.2) is 71.3 Å². The minimum atomic E-state index is -0.968. The summed E-state index contributed by atoms with van der Waals surface area (Å²) in [5.41, 5.74) is 3.97. The maximum absolute atomic E-state index is 13.6. The van der Waals surface area contributed by atoms with Gasteiger partial charge in [0.05, 0.1) is 11.8 Å². The lowest BCUT2D eigenvalue weighted by Gasteiger charge is -2.30. The highest BCUT2D eigenvalue weighted by Gasteiger charge is 2.48. The fourth-order valence-electron chi connectivity index (χ4n) is 5.36. The summed E-state index contributed by atoms with van der Waals surface area (Å²) in [7, 11) is 0. The SMILES string of the molecule is CC(C)CN1C(=O)C(=O)N(CC(=O)N2N=C3/C(=C\c4ccccc4)CCC[C@@H]3[C@H]2c2ccccc2)C1=O. The Bertz CT molecular complexity index is 1290. The molecule has 0 spiro atoms. The van der Waals surface area contributed by atoms with Crippen LogP contribution in [0, 0.1) is 11.8 Å². The van der Waals surface area contributed by atoms with Crippen LogP contribution < -0.4 is 0 Å². The van der Waals surface area contributed by atoms with Crippen molar-refractivity contribution in [2.24, 2.45) is 16.9 Å². The zero-order valence-corrected chi connectivity index (χ0v) is 21.0. The minimum Gasteiger partial charge on any atom is -0.271 e. The summed E-state index contributed by atoms with van der Waals surface area (Å²) < 4.78 is 0. The van der Waals surface area contributed by atoms with Crippen LogP contribution in [0.2, 0.25) is 0 Å². The van der Waals surface area contributed by atoms with Gasteiger partial charge < -0.3 is 0 Å². The van der Waals surface area contributed by atoms with Gasteiger partial charge in [0, 0.05) is 12.5 Å². The van der Waals surface area contributed by atoms with Gasteiger partial charge in [-0.2, -0.15) is 5.10 Å². The van der Waals surface area contributed by atoms with Gasteiger partial charge in [0.25, 0.3) is 5.91 Å². The molecule has 8 heteroatoms. The van der Waals surface area contributed by atoms with Gasteiger partial charge in [-0.15, -0.1) is 0 Å². The second kappa shape index (κ2) is 10.1. The van der Waals surface area contributed by atoms with Crippen LogP contribution in [0.1, 0.15) is 50.3 Å². The Kier molecular flexibility index (Phi) is 6.74. The summed E-state index contributed by atoms with van der Waals surface area (Å²) in [5, 5.41) is 6.23. The van der Waals surface area contributed by atoms with E-state index in [1.54, 1.807) is 0 Å². The quantitative estimate of drug-likeness (QED) is 0.440. The average molecular weight is 499 g/mol. The number of imide groups is 2. The number of fused-ring (bicyclic) bond motifs is 1. The van der Waals surface area contributed by atoms with Gasteiger partial charge in [0.15, 0.2) is 0 Å². The minimum absolute atomic E-state index is 0.000820. The first-order chi connectivity index (χ1) is 17.8. The normalized spacial score (nSPS) is 22.8. The second-order valence-corrected chi connectivity index (χ2v) is 10.1. The van der Waals surface area contributed by atoms with Crippen LogP contribution in [-0.2, 0) is 14.4 Å². The van der Waals surface area contributed by atoms with Gasteiger partial charge in [-0.25, -0.2) is 14.7 Å². The van der Waals surface area contributed by atoms with Gasteiger partial charge in [-0.1, -0.05) is 74.5 Å². The number of benzene rings is 2. The van der Waals surface area contributed by atoms with Crippen LogP contribution >= 0.6 is 0 Å². The number of amides is 5. The first-order valence-electron chi connectivity index (χ1n) is 12.7. The number of hydrogen-bond acceptors (Lipinski definition) is 5. The number of hydrogen-bond donors (Lipinski definition) is 0. The average Bonchev–Trinajstić information content (AvgIpc) is 3.38. The molecule has 2 atom stereocenters. The van der Waals surface area contributed by atoms with E-state index in [0.717, 1.165) is 51.5 Å². The van der Waals surface area contributed by atoms with Crippen LogP contribution in [0.3, 0.4) is 0 Å². The first kappa shape index (κ1) is 24.6. The Hall–Kier alpha value is -4.07. The van der Waals surface area contributed by atoms with Crippen LogP contribution in [0.5, 0.6) is 0 Å². The fraction of sp³-hybridized carbons (Fsp3) is 0.345. The molecule has 0 N–H and O–H groups in total. The summed E-state index contributed by atoms with van der Waals surface area (Å²) in [4.78, 5) is 53.2. The number of hydrazone groups is 1. The number of carbonyl (C=O) groups excluding carboxylic acids is 4. The molecule has 8 nitrogen and oxygen atoms in total. The van der Waals surface area contributed by atoms with Crippen LogP contribution in [-0.4, -0.2) is 57.4 Å². The van der Waals surface area contributed by atoms with Crippen molar-refractivity contribution in [2.45, 2.75) is 39.2 Å². The lowest BCUT2D eigenvalue weighted by Crippen LogP contribution is -2.43. The maximum Gasteiger partial charge on any atom is 0.334 e. The smallest absolute Gasteiger partial charge is 0.271 e. The summed E-state index contributed by atoms with van der Waals surface area (Å²) >= 11 is 0. The third-order valence-corrected chi connectivity index (χ3v) is 7.01. The maximum atomic E-state index is 13.6. The van der Waals surface area contributed by atoms with Gasteiger partial charge in [-0.05, 0) is 48.0 Å². The van der Waals surface area contributed by atoms with Crippen molar-refractivity contribution in [3.8, 4) is 0 Å². The van der Waals surface area contributed by atoms with E-state index in [4.69, 9.17) is 5.10 Å². The Labute approximate surface area is 216 Å². The third kappa shape index (κ3) is 4.71. The summed E-state index contributed by atoms with van der Waals surface area (Å²) in [5.74, 6) is -2.35. The van der Waals surface area contributed by atoms with Crippen LogP contribution in [0.25, 0.3) is 6.08 Å². The number of allylic oxidation sites excluding steroid dienone is 1. The summed E-state index contributed by atoms with van der Waals surface area (Å²) in [6.07, 6.45) is 4.82. The highest BCUT2D eigenvalue weighted by molar-refractivity contribution is 6.45. The predicted octanol–water partition coefficient (Wildman–Crippen LogP) is 4.26. The molecule has 1 aliphatic carbocycles. The van der Waals surface area contributed by atoms with E-state index in [0.29, 0.717) is 0 Å². The number of nitrogens with zero attached hydrogens (tertiary/aromatic N) is 4. The van der Waals surface area contributed by atoms with Gasteiger partial charge >= 0.3 is 17.8 Å². The van der Waals surface area contributed by atoms with Gasteiger partial charge in [0.2, 0.25) is 0 Å². The van der Waals surface area contributed by atoms with Crippen LogP contribution in [0.4, 0.5) is 4.79 Å². The molecule has 0 bridgehead atoms. The Morgan fingerprint density at radius 3 is 2.30 bits per heavy atom. The van der Waals surface area contributed by atoms with Crippen molar-refractivity contribution < 1.29 is 19.2 Å². The van der Waals surface area contributed by atoms with Crippen molar-refractivity contribution in [1.29, 1.82) is 0 Å². The highest BCUT2D eigenvalue weighted by atomic mass is 16.2. The van der Waals surface area contributed by atoms with E-state index in [1.165, 1.54) is 5.01 Å². The number of urea groups is 1. The number of rotatable bonds is 6. The standard InChI is InChI=1S/C29H30N4O4/c1-19(2)17-31-27(35)28(36)32(29(31)37)18-24(34)33-26(21-12-7-4-8-13-21)23-15-9-14-22(25(23)30-33)16-20-10-5-3-6-11-20/h3-8,10-13,16,19,23,26H,9,14-15,17-18H2,1-2H3/b22-16-/t23-,26+/m0/s1. The lowest BCUT2D eigenvalue weighted by molar-refractivity contribution is -0.145. The van der Waals surface area contributed by atoms with Crippen molar-refractivity contribution in [3.63, 3.8) is 0 Å². The molecule has 2 aromatic carbocycles. The van der Waals surface area contributed by atoms with Gasteiger partial charge in [-0.3, -0.25) is 19.3 Å². The molecule has 37 heavy (non-hydrogen) atoms. The Morgan fingerprint density at radius 2 is 1.62 bits per heavy atom. The second-order valence-electron chi connectivity index (χ2n) is 10.1. The molecule has 5 rings (SSSR count). The van der Waals surface area contributed by atoms with Crippen molar-refractivity contribution in [2.75, 3.05) is 13.1 Å². The monoisotopic (exact) mass is 498 g/mol. The molecule has 5 amide bonds. The van der Waals surface area contributed by atoms with E-state index in [2.05, 4.69) is 6.08 Å². The molecular formula is C29H30N4O4. The lowest BCUT2D eigenvalue weighted by atomic mass is 9.77. The Balaban J connectivity index is 1.47. The molecule has 2 heterocycles. The molecule has 2 aromatic rings.